The number of carbonyl (C=O) groups excluding carboxylic acids is 1. The minimum Gasteiger partial charge on any atom is -0.394 e. The van der Waals surface area contributed by atoms with Crippen molar-refractivity contribution >= 4 is 5.91 Å². The van der Waals surface area contributed by atoms with Gasteiger partial charge in [0, 0.05) is 6.92 Å². The summed E-state index contributed by atoms with van der Waals surface area (Å²) in [5, 5.41) is 38.9. The summed E-state index contributed by atoms with van der Waals surface area (Å²) in [6, 6.07) is 0. The molecule has 1 saturated heterocycles. The van der Waals surface area contributed by atoms with Crippen molar-refractivity contribution in [3.05, 3.63) is 0 Å². The Morgan fingerprint density at radius 3 is 2.50 bits per heavy atom. The van der Waals surface area contributed by atoms with Gasteiger partial charge in [0.05, 0.1) is 6.61 Å². The van der Waals surface area contributed by atoms with Gasteiger partial charge >= 0.3 is 0 Å². The van der Waals surface area contributed by atoms with E-state index in [2.05, 4.69) is 4.74 Å². The molecule has 1 aliphatic rings. The van der Waals surface area contributed by atoms with E-state index in [9.17, 15) is 20.1 Å². The highest BCUT2D eigenvalue weighted by Gasteiger charge is 2.55. The second-order valence-corrected chi connectivity index (χ2v) is 3.16. The van der Waals surface area contributed by atoms with Crippen molar-refractivity contribution < 1.29 is 30.0 Å². The largest absolute Gasteiger partial charge is 0.394 e. The van der Waals surface area contributed by atoms with Crippen molar-refractivity contribution in [1.29, 1.82) is 0 Å². The van der Waals surface area contributed by atoms with Gasteiger partial charge in [-0.15, -0.1) is 0 Å². The lowest BCUT2D eigenvalue weighted by Crippen LogP contribution is -2.60. The minimum atomic E-state index is -2.26. The highest BCUT2D eigenvalue weighted by molar-refractivity contribution is 5.73. The maximum absolute atomic E-state index is 10.7. The van der Waals surface area contributed by atoms with Gasteiger partial charge in [-0.2, -0.15) is 0 Å². The molecule has 0 radical (unpaired) electrons. The Labute approximate surface area is 79.9 Å². The summed E-state index contributed by atoms with van der Waals surface area (Å²) in [5.74, 6) is -0.632. The minimum absolute atomic E-state index is 0.569. The summed E-state index contributed by atoms with van der Waals surface area (Å²) in [5.41, 5.74) is -2.26. The van der Waals surface area contributed by atoms with E-state index in [-0.39, 0.29) is 0 Å². The van der Waals surface area contributed by atoms with Crippen LogP contribution in [0.2, 0.25) is 0 Å². The SMILES string of the molecule is CC(=O)N[C@]1(O)C(O)O[C@H](CO)[C@H]1O. The van der Waals surface area contributed by atoms with Crippen LogP contribution in [0.15, 0.2) is 0 Å². The summed E-state index contributed by atoms with van der Waals surface area (Å²) in [7, 11) is 0. The number of ether oxygens (including phenoxy) is 1. The highest BCUT2D eigenvalue weighted by Crippen LogP contribution is 2.27. The van der Waals surface area contributed by atoms with Crippen LogP contribution in [0.4, 0.5) is 0 Å². The van der Waals surface area contributed by atoms with Gasteiger partial charge in [-0.05, 0) is 0 Å². The van der Waals surface area contributed by atoms with Crippen LogP contribution in [-0.4, -0.2) is 57.2 Å². The first-order valence-electron chi connectivity index (χ1n) is 4.05. The molecule has 0 saturated carbocycles. The van der Waals surface area contributed by atoms with Gasteiger partial charge in [0.1, 0.15) is 12.2 Å². The molecule has 7 nitrogen and oxygen atoms in total. The Kier molecular flexibility index (Phi) is 3.07. The first-order valence-corrected chi connectivity index (χ1v) is 4.05. The van der Waals surface area contributed by atoms with Crippen LogP contribution < -0.4 is 5.32 Å². The second-order valence-electron chi connectivity index (χ2n) is 3.16. The van der Waals surface area contributed by atoms with Crippen LogP contribution in [0.1, 0.15) is 6.92 Å². The first-order chi connectivity index (χ1) is 6.41. The number of carbonyl (C=O) groups is 1. The number of hydrogen-bond acceptors (Lipinski definition) is 6. The molecule has 0 bridgehead atoms. The maximum atomic E-state index is 10.7. The van der Waals surface area contributed by atoms with Crippen molar-refractivity contribution in [2.45, 2.75) is 31.1 Å². The molecule has 0 aliphatic carbocycles. The smallest absolute Gasteiger partial charge is 0.219 e. The fourth-order valence-corrected chi connectivity index (χ4v) is 1.33. The monoisotopic (exact) mass is 207 g/mol. The van der Waals surface area contributed by atoms with E-state index >= 15 is 0 Å². The number of nitrogens with one attached hydrogen (secondary N) is 1. The summed E-state index contributed by atoms with van der Waals surface area (Å²) in [4.78, 5) is 10.7. The fourth-order valence-electron chi connectivity index (χ4n) is 1.33. The molecule has 1 aliphatic heterocycles. The third-order valence-electron chi connectivity index (χ3n) is 2.04. The molecule has 4 atom stereocenters. The van der Waals surface area contributed by atoms with Gasteiger partial charge in [-0.1, -0.05) is 0 Å². The van der Waals surface area contributed by atoms with Gasteiger partial charge < -0.3 is 30.5 Å². The molecular weight excluding hydrogens is 194 g/mol. The predicted molar refractivity (Wildman–Crippen MR) is 42.7 cm³/mol. The van der Waals surface area contributed by atoms with Crippen molar-refractivity contribution in [2.75, 3.05) is 6.61 Å². The Balaban J connectivity index is 2.81. The van der Waals surface area contributed by atoms with E-state index in [0.717, 1.165) is 6.92 Å². The molecule has 1 amide bonds. The van der Waals surface area contributed by atoms with Gasteiger partial charge in [-0.3, -0.25) is 4.79 Å². The average molecular weight is 207 g/mol. The van der Waals surface area contributed by atoms with Crippen LogP contribution in [-0.2, 0) is 9.53 Å². The molecule has 0 aromatic rings. The summed E-state index contributed by atoms with van der Waals surface area (Å²) < 4.78 is 4.63. The zero-order chi connectivity index (χ0) is 10.9. The van der Waals surface area contributed by atoms with Crippen LogP contribution in [0, 0.1) is 0 Å². The molecule has 82 valence electrons. The van der Waals surface area contributed by atoms with Crippen LogP contribution in [0.3, 0.4) is 0 Å². The van der Waals surface area contributed by atoms with Crippen LogP contribution >= 0.6 is 0 Å². The molecule has 5 N–H and O–H groups in total. The molecule has 1 rings (SSSR count). The standard InChI is InChI=1S/C7H13NO6/c1-3(10)8-7(13)5(11)4(2-9)14-6(7)12/h4-6,9,11-13H,2H2,1H3,(H,8,10)/t4-,5-,6?,7-/m1/s1. The highest BCUT2D eigenvalue weighted by atomic mass is 16.7. The number of aliphatic hydroxyl groups is 4. The average Bonchev–Trinajstić information content (AvgIpc) is 2.29. The zero-order valence-electron chi connectivity index (χ0n) is 7.54. The predicted octanol–water partition coefficient (Wildman–Crippen LogP) is -3.12. The van der Waals surface area contributed by atoms with Gasteiger partial charge in [-0.25, -0.2) is 0 Å². The molecule has 0 aromatic heterocycles. The third-order valence-corrected chi connectivity index (χ3v) is 2.04. The van der Waals surface area contributed by atoms with Gasteiger partial charge in [0.2, 0.25) is 17.9 Å². The van der Waals surface area contributed by atoms with Gasteiger partial charge in [0.15, 0.2) is 0 Å². The molecule has 1 heterocycles. The number of aliphatic hydroxyl groups excluding tert-OH is 3. The molecule has 0 spiro atoms. The zero-order valence-corrected chi connectivity index (χ0v) is 7.54. The van der Waals surface area contributed by atoms with Crippen molar-refractivity contribution in [1.82, 2.24) is 5.32 Å². The van der Waals surface area contributed by atoms with E-state index in [1.807, 2.05) is 5.32 Å². The first kappa shape index (κ1) is 11.3. The Morgan fingerprint density at radius 1 is 1.57 bits per heavy atom. The van der Waals surface area contributed by atoms with E-state index in [0.29, 0.717) is 0 Å². The second kappa shape index (κ2) is 3.79. The summed E-state index contributed by atoms with van der Waals surface area (Å²) in [6.45, 7) is 0.545. The van der Waals surface area contributed by atoms with E-state index in [1.165, 1.54) is 0 Å². The summed E-state index contributed by atoms with van der Waals surface area (Å²) >= 11 is 0. The lowest BCUT2D eigenvalue weighted by atomic mass is 10.1. The third kappa shape index (κ3) is 1.72. The molecule has 1 unspecified atom stereocenters. The van der Waals surface area contributed by atoms with Crippen molar-refractivity contribution in [3.63, 3.8) is 0 Å². The molecular formula is C7H13NO6. The molecule has 1 fully saturated rings. The quantitative estimate of drug-likeness (QED) is 0.306. The van der Waals surface area contributed by atoms with E-state index in [1.54, 1.807) is 0 Å². The maximum Gasteiger partial charge on any atom is 0.219 e. The summed E-state index contributed by atoms with van der Waals surface area (Å²) in [6.07, 6.45) is -4.47. The topological polar surface area (TPSA) is 119 Å². The lowest BCUT2D eigenvalue weighted by molar-refractivity contribution is -0.193. The normalized spacial score (nSPS) is 42.5. The lowest BCUT2D eigenvalue weighted by Gasteiger charge is -2.28. The number of amides is 1. The van der Waals surface area contributed by atoms with E-state index < -0.39 is 36.7 Å². The molecule has 7 heteroatoms. The molecule has 0 aromatic carbocycles. The Hall–Kier alpha value is -0.730. The number of hydrogen-bond donors (Lipinski definition) is 5. The molecule has 14 heavy (non-hydrogen) atoms. The van der Waals surface area contributed by atoms with Gasteiger partial charge in [0.25, 0.3) is 0 Å². The Bertz CT molecular complexity index is 234. The van der Waals surface area contributed by atoms with Crippen molar-refractivity contribution in [2.24, 2.45) is 0 Å². The van der Waals surface area contributed by atoms with Crippen LogP contribution in [0.5, 0.6) is 0 Å². The van der Waals surface area contributed by atoms with E-state index in [4.69, 9.17) is 5.11 Å². The van der Waals surface area contributed by atoms with Crippen LogP contribution in [0.25, 0.3) is 0 Å². The number of rotatable bonds is 2. The Morgan fingerprint density at radius 2 is 2.14 bits per heavy atom. The fraction of sp³-hybridized carbons (Fsp3) is 0.857. The van der Waals surface area contributed by atoms with Crippen molar-refractivity contribution in [3.8, 4) is 0 Å².